The normalized spacial score (nSPS) is 14.3. The van der Waals surface area contributed by atoms with Gasteiger partial charge in [0.1, 0.15) is 11.6 Å². The highest BCUT2D eigenvalue weighted by molar-refractivity contribution is 5.93. The van der Waals surface area contributed by atoms with Crippen molar-refractivity contribution in [3.8, 4) is 11.6 Å². The molecule has 3 aromatic rings. The number of carbonyl (C=O) groups is 1. The van der Waals surface area contributed by atoms with E-state index in [0.717, 1.165) is 29.9 Å². The lowest BCUT2D eigenvalue weighted by atomic mass is 10.1. The number of halogens is 1. The number of hydrogen-bond acceptors (Lipinski definition) is 6. The summed E-state index contributed by atoms with van der Waals surface area (Å²) in [4.78, 5) is 25.6. The van der Waals surface area contributed by atoms with Gasteiger partial charge in [0.2, 0.25) is 17.7 Å². The molecule has 8 heteroatoms. The molecule has 1 amide bonds. The number of aromatic nitrogens is 2. The van der Waals surface area contributed by atoms with Crippen LogP contribution in [0.1, 0.15) is 11.1 Å². The molecule has 0 atom stereocenters. The van der Waals surface area contributed by atoms with Crippen molar-refractivity contribution in [1.82, 2.24) is 14.9 Å². The quantitative estimate of drug-likeness (QED) is 0.635. The molecule has 7 nitrogen and oxygen atoms in total. The molecule has 0 unspecified atom stereocenters. The third-order valence-corrected chi connectivity index (χ3v) is 5.42. The molecule has 0 saturated carbocycles. The average molecular weight is 436 g/mol. The van der Waals surface area contributed by atoms with Gasteiger partial charge in [-0.25, -0.2) is 9.37 Å². The summed E-state index contributed by atoms with van der Waals surface area (Å²) in [7, 11) is 0. The molecule has 32 heavy (non-hydrogen) atoms. The highest BCUT2D eigenvalue weighted by Crippen LogP contribution is 2.22. The van der Waals surface area contributed by atoms with Crippen LogP contribution in [0.3, 0.4) is 0 Å². The number of anilines is 2. The second-order valence-corrected chi connectivity index (χ2v) is 7.83. The van der Waals surface area contributed by atoms with Crippen molar-refractivity contribution < 1.29 is 13.9 Å². The van der Waals surface area contributed by atoms with Gasteiger partial charge in [-0.3, -0.25) is 9.69 Å². The topological polar surface area (TPSA) is 70.6 Å². The maximum atomic E-state index is 13.1. The fourth-order valence-electron chi connectivity index (χ4n) is 3.66. The number of nitrogens with zero attached hydrogens (tertiary/aromatic N) is 4. The van der Waals surface area contributed by atoms with E-state index in [1.807, 2.05) is 32.0 Å². The Labute approximate surface area is 186 Å². The van der Waals surface area contributed by atoms with Crippen molar-refractivity contribution in [3.63, 3.8) is 0 Å². The SMILES string of the molecule is Cc1cccc(C)c1NC(=O)CN1CCN(c2nccc(Oc3ccc(F)cc3)n2)CC1. The van der Waals surface area contributed by atoms with Crippen molar-refractivity contribution in [2.45, 2.75) is 13.8 Å². The fourth-order valence-corrected chi connectivity index (χ4v) is 3.66. The molecule has 166 valence electrons. The number of benzene rings is 2. The molecular formula is C24H26FN5O2. The highest BCUT2D eigenvalue weighted by atomic mass is 19.1. The summed E-state index contributed by atoms with van der Waals surface area (Å²) in [5.41, 5.74) is 3.01. The van der Waals surface area contributed by atoms with Crippen LogP contribution in [0, 0.1) is 19.7 Å². The van der Waals surface area contributed by atoms with E-state index in [1.165, 1.54) is 12.1 Å². The largest absolute Gasteiger partial charge is 0.439 e. The van der Waals surface area contributed by atoms with Crippen molar-refractivity contribution in [1.29, 1.82) is 0 Å². The summed E-state index contributed by atoms with van der Waals surface area (Å²) in [5.74, 6) is 1.15. The number of nitrogens with one attached hydrogen (secondary N) is 1. The lowest BCUT2D eigenvalue weighted by Gasteiger charge is -2.34. The van der Waals surface area contributed by atoms with Gasteiger partial charge in [0.15, 0.2) is 0 Å². The Hall–Kier alpha value is -3.52. The van der Waals surface area contributed by atoms with Crippen molar-refractivity contribution in [2.24, 2.45) is 0 Å². The summed E-state index contributed by atoms with van der Waals surface area (Å²) >= 11 is 0. The second-order valence-electron chi connectivity index (χ2n) is 7.83. The van der Waals surface area contributed by atoms with E-state index in [2.05, 4.69) is 25.1 Å². The van der Waals surface area contributed by atoms with Crippen molar-refractivity contribution in [2.75, 3.05) is 42.9 Å². The Morgan fingerprint density at radius 2 is 1.72 bits per heavy atom. The van der Waals surface area contributed by atoms with Gasteiger partial charge in [-0.2, -0.15) is 4.98 Å². The van der Waals surface area contributed by atoms with Crippen molar-refractivity contribution >= 4 is 17.5 Å². The number of ether oxygens (including phenoxy) is 1. The van der Waals surface area contributed by atoms with Crippen LogP contribution < -0.4 is 15.0 Å². The Morgan fingerprint density at radius 1 is 1.03 bits per heavy atom. The smallest absolute Gasteiger partial charge is 0.238 e. The highest BCUT2D eigenvalue weighted by Gasteiger charge is 2.21. The van der Waals surface area contributed by atoms with E-state index < -0.39 is 0 Å². The number of hydrogen-bond donors (Lipinski definition) is 1. The van der Waals surface area contributed by atoms with Crippen LogP contribution in [-0.4, -0.2) is 53.5 Å². The third-order valence-electron chi connectivity index (χ3n) is 5.42. The van der Waals surface area contributed by atoms with Crippen LogP contribution in [-0.2, 0) is 4.79 Å². The van der Waals surface area contributed by atoms with Crippen LogP contribution in [0.25, 0.3) is 0 Å². The molecule has 1 aliphatic heterocycles. The summed E-state index contributed by atoms with van der Waals surface area (Å²) in [6.45, 7) is 7.20. The van der Waals surface area contributed by atoms with Gasteiger partial charge in [-0.05, 0) is 49.2 Å². The molecule has 1 aromatic heterocycles. The maximum absolute atomic E-state index is 13.1. The van der Waals surface area contributed by atoms with Gasteiger partial charge in [-0.1, -0.05) is 18.2 Å². The number of piperazine rings is 1. The Kier molecular flexibility index (Phi) is 6.61. The van der Waals surface area contributed by atoms with E-state index in [4.69, 9.17) is 4.74 Å². The van der Waals surface area contributed by atoms with Crippen LogP contribution in [0.4, 0.5) is 16.0 Å². The molecule has 1 saturated heterocycles. The average Bonchev–Trinajstić information content (AvgIpc) is 2.79. The third kappa shape index (κ3) is 5.39. The van der Waals surface area contributed by atoms with E-state index >= 15 is 0 Å². The number of para-hydroxylation sites is 1. The van der Waals surface area contributed by atoms with Gasteiger partial charge in [0.05, 0.1) is 6.54 Å². The Bertz CT molecular complexity index is 1060. The lowest BCUT2D eigenvalue weighted by molar-refractivity contribution is -0.117. The first-order valence-electron chi connectivity index (χ1n) is 10.6. The molecule has 0 radical (unpaired) electrons. The molecule has 2 aromatic carbocycles. The van der Waals surface area contributed by atoms with Crippen LogP contribution in [0.5, 0.6) is 11.6 Å². The molecule has 0 spiro atoms. The molecule has 0 aliphatic carbocycles. The molecule has 0 bridgehead atoms. The first-order chi connectivity index (χ1) is 15.5. The maximum Gasteiger partial charge on any atom is 0.238 e. The number of aryl methyl sites for hydroxylation is 2. The van der Waals surface area contributed by atoms with E-state index in [9.17, 15) is 9.18 Å². The minimum atomic E-state index is -0.318. The van der Waals surface area contributed by atoms with E-state index in [0.29, 0.717) is 37.2 Å². The van der Waals surface area contributed by atoms with Crippen LogP contribution in [0.2, 0.25) is 0 Å². The van der Waals surface area contributed by atoms with Crippen LogP contribution in [0.15, 0.2) is 54.7 Å². The predicted octanol–water partition coefficient (Wildman–Crippen LogP) is 3.79. The van der Waals surface area contributed by atoms with Crippen molar-refractivity contribution in [3.05, 3.63) is 71.7 Å². The van der Waals surface area contributed by atoms with Gasteiger partial charge in [0, 0.05) is 44.1 Å². The first kappa shape index (κ1) is 21.7. The number of amides is 1. The molecule has 2 heterocycles. The Balaban J connectivity index is 1.31. The molecular weight excluding hydrogens is 409 g/mol. The molecule has 4 rings (SSSR count). The Morgan fingerprint density at radius 3 is 2.41 bits per heavy atom. The van der Waals surface area contributed by atoms with E-state index in [1.54, 1.807) is 24.4 Å². The summed E-state index contributed by atoms with van der Waals surface area (Å²) in [5, 5.41) is 3.04. The van der Waals surface area contributed by atoms with Gasteiger partial charge < -0.3 is 15.0 Å². The standard InChI is InChI=1S/C24H26FN5O2/c1-17-4-3-5-18(2)23(17)27-21(31)16-29-12-14-30(15-13-29)24-26-11-10-22(28-24)32-20-8-6-19(25)7-9-20/h3-11H,12-16H2,1-2H3,(H,27,31). The summed E-state index contributed by atoms with van der Waals surface area (Å²) in [6, 6.07) is 13.4. The zero-order valence-electron chi connectivity index (χ0n) is 18.2. The molecule has 1 aliphatic rings. The summed E-state index contributed by atoms with van der Waals surface area (Å²) < 4.78 is 18.8. The van der Waals surface area contributed by atoms with E-state index in [-0.39, 0.29) is 11.7 Å². The molecule has 1 fully saturated rings. The predicted molar refractivity (Wildman–Crippen MR) is 122 cm³/mol. The zero-order valence-corrected chi connectivity index (χ0v) is 18.2. The fraction of sp³-hybridized carbons (Fsp3) is 0.292. The second kappa shape index (κ2) is 9.74. The van der Waals surface area contributed by atoms with Gasteiger partial charge in [0.25, 0.3) is 0 Å². The lowest BCUT2D eigenvalue weighted by Crippen LogP contribution is -2.49. The van der Waals surface area contributed by atoms with Gasteiger partial charge in [-0.15, -0.1) is 0 Å². The first-order valence-corrected chi connectivity index (χ1v) is 10.6. The molecule has 1 N–H and O–H groups in total. The number of rotatable bonds is 6. The monoisotopic (exact) mass is 435 g/mol. The van der Waals surface area contributed by atoms with Crippen LogP contribution >= 0.6 is 0 Å². The summed E-state index contributed by atoms with van der Waals surface area (Å²) in [6.07, 6.45) is 1.64. The zero-order chi connectivity index (χ0) is 22.5. The minimum absolute atomic E-state index is 0.0122. The minimum Gasteiger partial charge on any atom is -0.439 e. The van der Waals surface area contributed by atoms with Gasteiger partial charge >= 0.3 is 0 Å². The number of carbonyl (C=O) groups excluding carboxylic acids is 1.